The molecule has 1 aliphatic carbocycles. The van der Waals surface area contributed by atoms with E-state index < -0.39 is 0 Å². The monoisotopic (exact) mass is 217 g/mol. The molecule has 0 radical (unpaired) electrons. The van der Waals surface area contributed by atoms with Gasteiger partial charge < -0.3 is 4.74 Å². The van der Waals surface area contributed by atoms with E-state index in [0.717, 1.165) is 12.8 Å². The van der Waals surface area contributed by atoms with Gasteiger partial charge >= 0.3 is 5.97 Å². The molecule has 0 spiro atoms. The van der Waals surface area contributed by atoms with Gasteiger partial charge in [0.15, 0.2) is 0 Å². The zero-order valence-corrected chi connectivity index (χ0v) is 10.0. The summed E-state index contributed by atoms with van der Waals surface area (Å²) in [5, 5.41) is 3.09. The standard InChI is InChI=1S/C10H20NO2P/c1-8(11-14-2)10(12)13-9-6-4-3-5-7-9/h8-9,11,14H,3-7H2,1-2H3/t8-/m1/s1. The highest BCUT2D eigenvalue weighted by molar-refractivity contribution is 7.34. The number of nitrogens with one attached hydrogen (secondary N) is 1. The fourth-order valence-electron chi connectivity index (χ4n) is 1.72. The molecule has 0 aromatic rings. The van der Waals surface area contributed by atoms with Crippen molar-refractivity contribution in [1.29, 1.82) is 0 Å². The van der Waals surface area contributed by atoms with Crippen molar-refractivity contribution in [2.24, 2.45) is 0 Å². The van der Waals surface area contributed by atoms with Gasteiger partial charge in [-0.05, 0) is 39.3 Å². The predicted molar refractivity (Wildman–Crippen MR) is 59.8 cm³/mol. The van der Waals surface area contributed by atoms with Gasteiger partial charge in [-0.15, -0.1) is 0 Å². The van der Waals surface area contributed by atoms with Crippen LogP contribution in [0, 0.1) is 0 Å². The molecular weight excluding hydrogens is 197 g/mol. The van der Waals surface area contributed by atoms with Crippen LogP contribution in [0.2, 0.25) is 0 Å². The van der Waals surface area contributed by atoms with Gasteiger partial charge in [0.05, 0.1) is 0 Å². The molecule has 0 aromatic carbocycles. The zero-order valence-electron chi connectivity index (χ0n) is 9.01. The lowest BCUT2D eigenvalue weighted by atomic mass is 9.98. The Morgan fingerprint density at radius 2 is 2.07 bits per heavy atom. The average Bonchev–Trinajstić information content (AvgIpc) is 2.19. The molecule has 1 rings (SSSR count). The first kappa shape index (κ1) is 11.9. The molecule has 0 aromatic heterocycles. The van der Waals surface area contributed by atoms with Crippen molar-refractivity contribution in [3.05, 3.63) is 0 Å². The average molecular weight is 217 g/mol. The third kappa shape index (κ3) is 3.93. The van der Waals surface area contributed by atoms with Crippen molar-refractivity contribution >= 4 is 14.7 Å². The van der Waals surface area contributed by atoms with Crippen LogP contribution in [0.5, 0.6) is 0 Å². The van der Waals surface area contributed by atoms with E-state index in [9.17, 15) is 4.79 Å². The fraction of sp³-hybridized carbons (Fsp3) is 0.900. The SMILES string of the molecule is CPN[C@H](C)C(=O)OC1CCCCC1. The number of esters is 1. The highest BCUT2D eigenvalue weighted by Gasteiger charge is 2.20. The molecule has 1 unspecified atom stereocenters. The van der Waals surface area contributed by atoms with Gasteiger partial charge in [-0.25, -0.2) is 0 Å². The molecule has 14 heavy (non-hydrogen) atoms. The number of hydrogen-bond donors (Lipinski definition) is 1. The van der Waals surface area contributed by atoms with Crippen LogP contribution in [0.15, 0.2) is 0 Å². The second kappa shape index (κ2) is 6.36. The van der Waals surface area contributed by atoms with Gasteiger partial charge in [0.2, 0.25) is 0 Å². The molecule has 0 heterocycles. The Kier molecular flexibility index (Phi) is 5.42. The summed E-state index contributed by atoms with van der Waals surface area (Å²) in [5.41, 5.74) is 0. The van der Waals surface area contributed by atoms with E-state index in [0.29, 0.717) is 8.73 Å². The lowest BCUT2D eigenvalue weighted by Crippen LogP contribution is -2.33. The maximum absolute atomic E-state index is 11.5. The summed E-state index contributed by atoms with van der Waals surface area (Å²) in [6.45, 7) is 3.88. The van der Waals surface area contributed by atoms with Crippen LogP contribution in [-0.4, -0.2) is 24.8 Å². The van der Waals surface area contributed by atoms with E-state index in [2.05, 4.69) is 5.09 Å². The Balaban J connectivity index is 2.24. The van der Waals surface area contributed by atoms with Crippen molar-refractivity contribution in [2.75, 3.05) is 6.66 Å². The van der Waals surface area contributed by atoms with E-state index in [4.69, 9.17) is 4.74 Å². The maximum Gasteiger partial charge on any atom is 0.323 e. The molecule has 0 aliphatic heterocycles. The summed E-state index contributed by atoms with van der Waals surface area (Å²) >= 11 is 0. The van der Waals surface area contributed by atoms with E-state index in [1.807, 2.05) is 13.6 Å². The summed E-state index contributed by atoms with van der Waals surface area (Å²) in [6.07, 6.45) is 5.98. The van der Waals surface area contributed by atoms with Gasteiger partial charge in [0, 0.05) is 0 Å². The molecule has 1 aliphatic rings. The van der Waals surface area contributed by atoms with Crippen molar-refractivity contribution in [3.63, 3.8) is 0 Å². The van der Waals surface area contributed by atoms with Gasteiger partial charge in [-0.1, -0.05) is 15.2 Å². The molecule has 3 nitrogen and oxygen atoms in total. The highest BCUT2D eigenvalue weighted by Crippen LogP contribution is 2.20. The number of rotatable bonds is 4. The normalized spacial score (nSPS) is 21.3. The third-order valence-electron chi connectivity index (χ3n) is 2.55. The van der Waals surface area contributed by atoms with Crippen LogP contribution in [0.3, 0.4) is 0 Å². The Hall–Kier alpha value is -0.140. The van der Waals surface area contributed by atoms with Crippen LogP contribution in [0.1, 0.15) is 39.0 Å². The number of hydrogen-bond acceptors (Lipinski definition) is 3. The molecule has 1 fully saturated rings. The van der Waals surface area contributed by atoms with Gasteiger partial charge in [-0.3, -0.25) is 9.88 Å². The molecule has 2 atom stereocenters. The summed E-state index contributed by atoms with van der Waals surface area (Å²) in [4.78, 5) is 11.5. The van der Waals surface area contributed by atoms with Crippen LogP contribution in [-0.2, 0) is 9.53 Å². The smallest absolute Gasteiger partial charge is 0.323 e. The van der Waals surface area contributed by atoms with Crippen LogP contribution in [0.25, 0.3) is 0 Å². The lowest BCUT2D eigenvalue weighted by molar-refractivity contribution is -0.152. The second-order valence-corrected chi connectivity index (χ2v) is 4.60. The van der Waals surface area contributed by atoms with Gasteiger partial charge in [0.1, 0.15) is 12.1 Å². The molecule has 4 heteroatoms. The van der Waals surface area contributed by atoms with Crippen molar-refractivity contribution in [2.45, 2.75) is 51.2 Å². The Morgan fingerprint density at radius 1 is 1.43 bits per heavy atom. The largest absolute Gasteiger partial charge is 0.461 e. The molecular formula is C10H20NO2P. The summed E-state index contributed by atoms with van der Waals surface area (Å²) in [7, 11) is 0.592. The molecule has 0 saturated heterocycles. The highest BCUT2D eigenvalue weighted by atomic mass is 31.1. The van der Waals surface area contributed by atoms with E-state index in [1.165, 1.54) is 19.3 Å². The first-order valence-electron chi connectivity index (χ1n) is 5.37. The minimum atomic E-state index is -0.153. The van der Waals surface area contributed by atoms with Crippen molar-refractivity contribution in [1.82, 2.24) is 5.09 Å². The number of carbonyl (C=O) groups is 1. The van der Waals surface area contributed by atoms with Gasteiger partial charge in [-0.2, -0.15) is 0 Å². The first-order valence-corrected chi connectivity index (χ1v) is 6.87. The Bertz CT molecular complexity index is 181. The Labute approximate surface area is 87.8 Å². The number of ether oxygens (including phenoxy) is 1. The topological polar surface area (TPSA) is 38.3 Å². The lowest BCUT2D eigenvalue weighted by Gasteiger charge is -2.23. The quantitative estimate of drug-likeness (QED) is 0.578. The summed E-state index contributed by atoms with van der Waals surface area (Å²) in [5.74, 6) is -0.0914. The minimum absolute atomic E-state index is 0.0914. The van der Waals surface area contributed by atoms with Crippen LogP contribution < -0.4 is 5.09 Å². The summed E-state index contributed by atoms with van der Waals surface area (Å²) in [6, 6.07) is -0.153. The molecule has 1 N–H and O–H groups in total. The van der Waals surface area contributed by atoms with Crippen molar-refractivity contribution < 1.29 is 9.53 Å². The second-order valence-electron chi connectivity index (χ2n) is 3.81. The van der Waals surface area contributed by atoms with Gasteiger partial charge in [0.25, 0.3) is 0 Å². The van der Waals surface area contributed by atoms with Crippen LogP contribution >= 0.6 is 8.73 Å². The Morgan fingerprint density at radius 3 is 2.64 bits per heavy atom. The third-order valence-corrected chi connectivity index (χ3v) is 3.27. The van der Waals surface area contributed by atoms with Crippen LogP contribution in [0.4, 0.5) is 0 Å². The predicted octanol–water partition coefficient (Wildman–Crippen LogP) is 2.06. The first-order chi connectivity index (χ1) is 6.74. The van der Waals surface area contributed by atoms with E-state index in [-0.39, 0.29) is 18.1 Å². The number of carbonyl (C=O) groups excluding carboxylic acids is 1. The summed E-state index contributed by atoms with van der Waals surface area (Å²) < 4.78 is 5.41. The minimum Gasteiger partial charge on any atom is -0.461 e. The van der Waals surface area contributed by atoms with E-state index >= 15 is 0 Å². The zero-order chi connectivity index (χ0) is 10.4. The maximum atomic E-state index is 11.5. The molecule has 0 bridgehead atoms. The molecule has 82 valence electrons. The fourth-order valence-corrected chi connectivity index (χ4v) is 2.28. The molecule has 0 amide bonds. The van der Waals surface area contributed by atoms with Crippen molar-refractivity contribution in [3.8, 4) is 0 Å². The van der Waals surface area contributed by atoms with E-state index in [1.54, 1.807) is 0 Å². The molecule has 1 saturated carbocycles.